The Bertz CT molecular complexity index is 576. The summed E-state index contributed by atoms with van der Waals surface area (Å²) in [5, 5.41) is 1.17. The first kappa shape index (κ1) is 12.6. The van der Waals surface area contributed by atoms with Crippen molar-refractivity contribution in [2.24, 2.45) is 11.7 Å². The molecule has 2 N–H and O–H groups in total. The molecule has 100 valence electrons. The fourth-order valence-corrected chi connectivity index (χ4v) is 2.74. The van der Waals surface area contributed by atoms with Crippen LogP contribution in [-0.4, -0.2) is 18.2 Å². The van der Waals surface area contributed by atoms with Gasteiger partial charge < -0.3 is 10.5 Å². The zero-order valence-corrected chi connectivity index (χ0v) is 11.3. The van der Waals surface area contributed by atoms with Crippen molar-refractivity contribution in [1.29, 1.82) is 0 Å². The number of hydrogen-bond acceptors (Lipinski definition) is 3. The highest BCUT2D eigenvalue weighted by Gasteiger charge is 2.19. The van der Waals surface area contributed by atoms with Crippen molar-refractivity contribution in [1.82, 2.24) is 4.98 Å². The largest absolute Gasteiger partial charge is 0.381 e. The van der Waals surface area contributed by atoms with Crippen LogP contribution >= 0.6 is 0 Å². The molecule has 1 aromatic carbocycles. The van der Waals surface area contributed by atoms with Crippen LogP contribution in [-0.2, 0) is 4.74 Å². The summed E-state index contributed by atoms with van der Waals surface area (Å²) in [6.07, 6.45) is 2.15. The van der Waals surface area contributed by atoms with Gasteiger partial charge in [0.2, 0.25) is 0 Å². The highest BCUT2D eigenvalue weighted by atomic mass is 16.5. The fraction of sp³-hybridized carbons (Fsp3) is 0.438. The highest BCUT2D eigenvalue weighted by Crippen LogP contribution is 2.26. The number of ether oxygens (including phenoxy) is 1. The van der Waals surface area contributed by atoms with Crippen LogP contribution in [0.4, 0.5) is 0 Å². The van der Waals surface area contributed by atoms with Crippen molar-refractivity contribution in [3.8, 4) is 0 Å². The Hall–Kier alpha value is -1.45. The molecule has 2 atom stereocenters. The minimum Gasteiger partial charge on any atom is -0.381 e. The van der Waals surface area contributed by atoms with E-state index in [0.29, 0.717) is 5.92 Å². The van der Waals surface area contributed by atoms with E-state index in [1.54, 1.807) is 0 Å². The van der Waals surface area contributed by atoms with Gasteiger partial charge in [-0.2, -0.15) is 0 Å². The van der Waals surface area contributed by atoms with Crippen LogP contribution in [0.25, 0.3) is 10.9 Å². The Morgan fingerprint density at radius 3 is 3.05 bits per heavy atom. The van der Waals surface area contributed by atoms with Crippen LogP contribution in [0.15, 0.2) is 30.3 Å². The topological polar surface area (TPSA) is 48.1 Å². The SMILES string of the molecule is Cc1ccc2cc(C(N)CC3CCOC3)ccc2n1. The lowest BCUT2D eigenvalue weighted by molar-refractivity contribution is 0.182. The molecule has 0 aliphatic carbocycles. The van der Waals surface area contributed by atoms with Crippen LogP contribution in [0, 0.1) is 12.8 Å². The van der Waals surface area contributed by atoms with Gasteiger partial charge in [0.05, 0.1) is 5.52 Å². The molecule has 19 heavy (non-hydrogen) atoms. The third-order valence-corrected chi connectivity index (χ3v) is 3.89. The third kappa shape index (κ3) is 2.77. The van der Waals surface area contributed by atoms with Gasteiger partial charge in [-0.15, -0.1) is 0 Å². The standard InChI is InChI=1S/C16H20N2O/c1-11-2-3-14-9-13(4-5-16(14)18-11)15(17)8-12-6-7-19-10-12/h2-5,9,12,15H,6-8,10,17H2,1H3. The van der Waals surface area contributed by atoms with E-state index in [4.69, 9.17) is 10.5 Å². The van der Waals surface area contributed by atoms with Gasteiger partial charge in [-0.25, -0.2) is 0 Å². The van der Waals surface area contributed by atoms with Crippen molar-refractivity contribution in [3.63, 3.8) is 0 Å². The van der Waals surface area contributed by atoms with E-state index in [0.717, 1.165) is 37.3 Å². The number of nitrogens with zero attached hydrogens (tertiary/aromatic N) is 1. The number of rotatable bonds is 3. The molecular weight excluding hydrogens is 236 g/mol. The van der Waals surface area contributed by atoms with Gasteiger partial charge >= 0.3 is 0 Å². The summed E-state index contributed by atoms with van der Waals surface area (Å²) in [5.41, 5.74) is 9.61. The lowest BCUT2D eigenvalue weighted by Gasteiger charge is -2.16. The zero-order chi connectivity index (χ0) is 13.2. The van der Waals surface area contributed by atoms with Crippen LogP contribution in [0.1, 0.15) is 30.1 Å². The first-order valence-electron chi connectivity index (χ1n) is 6.93. The van der Waals surface area contributed by atoms with Gasteiger partial charge in [0.15, 0.2) is 0 Å². The molecule has 0 radical (unpaired) electrons. The van der Waals surface area contributed by atoms with E-state index in [9.17, 15) is 0 Å². The Morgan fingerprint density at radius 1 is 1.37 bits per heavy atom. The van der Waals surface area contributed by atoms with Crippen molar-refractivity contribution in [2.45, 2.75) is 25.8 Å². The first-order valence-corrected chi connectivity index (χ1v) is 6.93. The molecule has 0 saturated carbocycles. The molecule has 1 saturated heterocycles. The average Bonchev–Trinajstić information content (AvgIpc) is 2.91. The molecule has 2 heterocycles. The second-order valence-corrected chi connectivity index (χ2v) is 5.48. The Balaban J connectivity index is 1.81. The monoisotopic (exact) mass is 256 g/mol. The summed E-state index contributed by atoms with van der Waals surface area (Å²) in [6, 6.07) is 10.6. The number of nitrogens with two attached hydrogens (primary N) is 1. The summed E-state index contributed by atoms with van der Waals surface area (Å²) in [5.74, 6) is 0.613. The number of hydrogen-bond donors (Lipinski definition) is 1. The maximum absolute atomic E-state index is 6.32. The number of benzene rings is 1. The number of fused-ring (bicyclic) bond motifs is 1. The van der Waals surface area contributed by atoms with E-state index in [2.05, 4.69) is 29.2 Å². The molecule has 1 aliphatic heterocycles. The lowest BCUT2D eigenvalue weighted by atomic mass is 9.94. The number of pyridine rings is 1. The third-order valence-electron chi connectivity index (χ3n) is 3.89. The Morgan fingerprint density at radius 2 is 2.26 bits per heavy atom. The van der Waals surface area contributed by atoms with Crippen molar-refractivity contribution in [2.75, 3.05) is 13.2 Å². The molecule has 1 aromatic heterocycles. The molecule has 1 fully saturated rings. The summed E-state index contributed by atoms with van der Waals surface area (Å²) < 4.78 is 5.41. The molecule has 0 spiro atoms. The maximum Gasteiger partial charge on any atom is 0.0705 e. The van der Waals surface area contributed by atoms with Crippen LogP contribution in [0.5, 0.6) is 0 Å². The van der Waals surface area contributed by atoms with Crippen molar-refractivity contribution in [3.05, 3.63) is 41.6 Å². The minimum absolute atomic E-state index is 0.0948. The molecule has 0 bridgehead atoms. The predicted molar refractivity (Wildman–Crippen MR) is 77.0 cm³/mol. The molecular formula is C16H20N2O. The summed E-state index contributed by atoms with van der Waals surface area (Å²) >= 11 is 0. The second-order valence-electron chi connectivity index (χ2n) is 5.48. The van der Waals surface area contributed by atoms with Gasteiger partial charge in [-0.1, -0.05) is 12.1 Å². The molecule has 3 heteroatoms. The normalized spacial score (nSPS) is 20.8. The maximum atomic E-state index is 6.32. The molecule has 3 rings (SSSR count). The van der Waals surface area contributed by atoms with Crippen LogP contribution < -0.4 is 5.73 Å². The molecule has 2 aromatic rings. The van der Waals surface area contributed by atoms with Gasteiger partial charge in [-0.3, -0.25) is 4.98 Å². The van der Waals surface area contributed by atoms with Crippen molar-refractivity contribution >= 4 is 10.9 Å². The second kappa shape index (κ2) is 5.27. The van der Waals surface area contributed by atoms with Crippen molar-refractivity contribution < 1.29 is 4.74 Å². The predicted octanol–water partition coefficient (Wildman–Crippen LogP) is 2.97. The van der Waals surface area contributed by atoms with Crippen LogP contribution in [0.2, 0.25) is 0 Å². The van der Waals surface area contributed by atoms with Crippen LogP contribution in [0.3, 0.4) is 0 Å². The average molecular weight is 256 g/mol. The first-order chi connectivity index (χ1) is 9.22. The van der Waals surface area contributed by atoms with Gasteiger partial charge in [0.25, 0.3) is 0 Å². The fourth-order valence-electron chi connectivity index (χ4n) is 2.74. The number of aryl methyl sites for hydroxylation is 1. The molecule has 3 nitrogen and oxygen atoms in total. The molecule has 2 unspecified atom stereocenters. The smallest absolute Gasteiger partial charge is 0.0705 e. The van der Waals surface area contributed by atoms with E-state index >= 15 is 0 Å². The molecule has 0 amide bonds. The minimum atomic E-state index is 0.0948. The highest BCUT2D eigenvalue weighted by molar-refractivity contribution is 5.79. The van der Waals surface area contributed by atoms with Gasteiger partial charge in [-0.05, 0) is 49.4 Å². The quantitative estimate of drug-likeness (QED) is 0.918. The number of aromatic nitrogens is 1. The lowest BCUT2D eigenvalue weighted by Crippen LogP contribution is -2.15. The van der Waals surface area contributed by atoms with E-state index in [1.807, 2.05) is 13.0 Å². The van der Waals surface area contributed by atoms with E-state index < -0.39 is 0 Å². The summed E-state index contributed by atoms with van der Waals surface area (Å²) in [4.78, 5) is 4.52. The van der Waals surface area contributed by atoms with E-state index in [-0.39, 0.29) is 6.04 Å². The van der Waals surface area contributed by atoms with Gasteiger partial charge in [0.1, 0.15) is 0 Å². The Labute approximate surface area is 113 Å². The molecule has 1 aliphatic rings. The summed E-state index contributed by atoms with van der Waals surface area (Å²) in [7, 11) is 0. The van der Waals surface area contributed by atoms with E-state index in [1.165, 1.54) is 10.9 Å². The zero-order valence-electron chi connectivity index (χ0n) is 11.3. The van der Waals surface area contributed by atoms with Gasteiger partial charge in [0, 0.05) is 30.3 Å². The summed E-state index contributed by atoms with van der Waals surface area (Å²) in [6.45, 7) is 3.76. The Kier molecular flexibility index (Phi) is 3.49.